The first-order valence-corrected chi connectivity index (χ1v) is 6.90. The lowest BCUT2D eigenvalue weighted by Crippen LogP contribution is -2.59. The first-order chi connectivity index (χ1) is 8.98. The molecule has 0 aliphatic heterocycles. The molecule has 5 rings (SSSR count). The van der Waals surface area contributed by atoms with Gasteiger partial charge in [0.15, 0.2) is 0 Å². The summed E-state index contributed by atoms with van der Waals surface area (Å²) in [6.07, 6.45) is 8.57. The normalized spacial score (nSPS) is 43.6. The Morgan fingerprint density at radius 1 is 1.37 bits per heavy atom. The lowest BCUT2D eigenvalue weighted by Gasteiger charge is -2.59. The average molecular weight is 263 g/mol. The van der Waals surface area contributed by atoms with Crippen molar-refractivity contribution in [2.24, 2.45) is 11.8 Å². The van der Waals surface area contributed by atoms with Gasteiger partial charge < -0.3 is 5.11 Å². The Bertz CT molecular complexity index is 539. The number of nitrogens with zero attached hydrogens (tertiary/aromatic N) is 3. The number of rotatable bonds is 2. The molecule has 1 aromatic heterocycles. The lowest BCUT2D eigenvalue weighted by molar-refractivity contribution is -0.385. The second-order valence-corrected chi connectivity index (χ2v) is 6.81. The molecule has 4 fully saturated rings. The molecule has 102 valence electrons. The van der Waals surface area contributed by atoms with E-state index in [9.17, 15) is 15.2 Å². The minimum Gasteiger partial charge on any atom is -0.390 e. The van der Waals surface area contributed by atoms with Gasteiger partial charge in [-0.25, -0.2) is 0 Å². The molecule has 4 bridgehead atoms. The molecular weight excluding hydrogens is 246 g/mol. The van der Waals surface area contributed by atoms with Crippen molar-refractivity contribution in [1.29, 1.82) is 0 Å². The zero-order valence-electron chi connectivity index (χ0n) is 10.7. The summed E-state index contributed by atoms with van der Waals surface area (Å²) in [7, 11) is 0. The summed E-state index contributed by atoms with van der Waals surface area (Å²) >= 11 is 0. The average Bonchev–Trinajstić information content (AvgIpc) is 2.74. The van der Waals surface area contributed by atoms with E-state index in [1.807, 2.05) is 0 Å². The van der Waals surface area contributed by atoms with Crippen LogP contribution in [-0.2, 0) is 5.54 Å². The number of hydrogen-bond donors (Lipinski definition) is 1. The summed E-state index contributed by atoms with van der Waals surface area (Å²) in [5, 5.41) is 25.7. The van der Waals surface area contributed by atoms with Crippen LogP contribution in [-0.4, -0.2) is 25.4 Å². The molecule has 1 aromatic rings. The standard InChI is InChI=1S/C13H17N3O3/c17-13-4-9-1-10(5-13)3-12(2-9,8-13)15-7-11(6-14-15)16(18)19/h6-7,9-10,17H,1-5,8H2. The number of hydrogen-bond acceptors (Lipinski definition) is 4. The molecule has 4 aliphatic rings. The van der Waals surface area contributed by atoms with Gasteiger partial charge in [0.1, 0.15) is 12.4 Å². The fraction of sp³-hybridized carbons (Fsp3) is 0.769. The Morgan fingerprint density at radius 2 is 2.05 bits per heavy atom. The second-order valence-electron chi connectivity index (χ2n) is 6.81. The van der Waals surface area contributed by atoms with E-state index < -0.39 is 10.5 Å². The SMILES string of the molecule is O=[N+]([O-])c1cnn(C23CC4CC(CC(O)(C4)C2)C3)c1. The van der Waals surface area contributed by atoms with Gasteiger partial charge >= 0.3 is 5.69 Å². The molecule has 0 aromatic carbocycles. The Hall–Kier alpha value is -1.43. The van der Waals surface area contributed by atoms with Gasteiger partial charge in [-0.05, 0) is 43.9 Å². The third-order valence-electron chi connectivity index (χ3n) is 5.27. The van der Waals surface area contributed by atoms with Gasteiger partial charge in [-0.2, -0.15) is 5.10 Å². The van der Waals surface area contributed by atoms with E-state index in [1.54, 1.807) is 4.68 Å². The van der Waals surface area contributed by atoms with Crippen LogP contribution in [0.2, 0.25) is 0 Å². The highest BCUT2D eigenvalue weighted by molar-refractivity contribution is 5.23. The fourth-order valence-corrected chi connectivity index (χ4v) is 5.10. The topological polar surface area (TPSA) is 81.2 Å². The van der Waals surface area contributed by atoms with Crippen molar-refractivity contribution in [3.63, 3.8) is 0 Å². The third kappa shape index (κ3) is 1.55. The Morgan fingerprint density at radius 3 is 2.58 bits per heavy atom. The molecule has 6 heteroatoms. The molecule has 1 heterocycles. The Labute approximate surface area is 110 Å². The van der Waals surface area contributed by atoms with E-state index in [4.69, 9.17) is 0 Å². The molecule has 6 nitrogen and oxygen atoms in total. The molecule has 0 amide bonds. The Kier molecular flexibility index (Phi) is 2.02. The smallest absolute Gasteiger partial charge is 0.307 e. The first kappa shape index (κ1) is 11.4. The first-order valence-electron chi connectivity index (χ1n) is 6.90. The minimum atomic E-state index is -0.565. The maximum Gasteiger partial charge on any atom is 0.307 e. The van der Waals surface area contributed by atoms with Gasteiger partial charge in [0, 0.05) is 6.42 Å². The molecule has 2 atom stereocenters. The maximum absolute atomic E-state index is 10.8. The number of aromatic nitrogens is 2. The summed E-state index contributed by atoms with van der Waals surface area (Å²) in [6, 6.07) is 0. The molecule has 0 radical (unpaired) electrons. The second kappa shape index (κ2) is 3.36. The van der Waals surface area contributed by atoms with E-state index in [0.29, 0.717) is 18.3 Å². The summed E-state index contributed by atoms with van der Waals surface area (Å²) in [4.78, 5) is 10.4. The van der Waals surface area contributed by atoms with E-state index in [0.717, 1.165) is 25.7 Å². The van der Waals surface area contributed by atoms with Crippen molar-refractivity contribution >= 4 is 5.69 Å². The highest BCUT2D eigenvalue weighted by Crippen LogP contribution is 2.60. The summed E-state index contributed by atoms with van der Waals surface area (Å²) in [6.45, 7) is 0. The summed E-state index contributed by atoms with van der Waals surface area (Å²) in [5.41, 5.74) is -0.708. The van der Waals surface area contributed by atoms with Crippen LogP contribution in [0.4, 0.5) is 5.69 Å². The molecule has 0 saturated heterocycles. The van der Waals surface area contributed by atoms with Crippen molar-refractivity contribution < 1.29 is 10.0 Å². The monoisotopic (exact) mass is 263 g/mol. The molecule has 19 heavy (non-hydrogen) atoms. The summed E-state index contributed by atoms with van der Waals surface area (Å²) < 4.78 is 1.77. The van der Waals surface area contributed by atoms with Crippen LogP contribution >= 0.6 is 0 Å². The largest absolute Gasteiger partial charge is 0.390 e. The van der Waals surface area contributed by atoms with Crippen LogP contribution in [0.25, 0.3) is 0 Å². The minimum absolute atomic E-state index is 0.0442. The highest BCUT2D eigenvalue weighted by atomic mass is 16.6. The lowest BCUT2D eigenvalue weighted by atomic mass is 9.51. The molecule has 1 N–H and O–H groups in total. The quantitative estimate of drug-likeness (QED) is 0.652. The molecule has 2 unspecified atom stereocenters. The zero-order valence-corrected chi connectivity index (χ0v) is 10.7. The van der Waals surface area contributed by atoms with Gasteiger partial charge in [0.05, 0.1) is 16.1 Å². The third-order valence-corrected chi connectivity index (χ3v) is 5.27. The van der Waals surface area contributed by atoms with Crippen molar-refractivity contribution in [1.82, 2.24) is 9.78 Å². The molecule has 4 aliphatic carbocycles. The van der Waals surface area contributed by atoms with Crippen molar-refractivity contribution in [2.75, 3.05) is 0 Å². The summed E-state index contributed by atoms with van der Waals surface area (Å²) in [5.74, 6) is 1.10. The van der Waals surface area contributed by atoms with Gasteiger partial charge in [-0.3, -0.25) is 14.8 Å². The predicted octanol–water partition coefficient (Wildman–Crippen LogP) is 1.83. The van der Waals surface area contributed by atoms with Gasteiger partial charge in [0.2, 0.25) is 0 Å². The Balaban J connectivity index is 1.75. The van der Waals surface area contributed by atoms with Gasteiger partial charge in [-0.15, -0.1) is 0 Å². The zero-order chi connectivity index (χ0) is 13.3. The van der Waals surface area contributed by atoms with Crippen LogP contribution < -0.4 is 0 Å². The van der Waals surface area contributed by atoms with Crippen molar-refractivity contribution in [2.45, 2.75) is 49.7 Å². The van der Waals surface area contributed by atoms with Crippen LogP contribution in [0.15, 0.2) is 12.4 Å². The van der Waals surface area contributed by atoms with Crippen LogP contribution in [0.3, 0.4) is 0 Å². The van der Waals surface area contributed by atoms with Crippen LogP contribution in [0.5, 0.6) is 0 Å². The van der Waals surface area contributed by atoms with E-state index in [2.05, 4.69) is 5.10 Å². The van der Waals surface area contributed by atoms with Crippen molar-refractivity contribution in [3.8, 4) is 0 Å². The van der Waals surface area contributed by atoms with E-state index in [-0.39, 0.29) is 11.2 Å². The van der Waals surface area contributed by atoms with Crippen LogP contribution in [0, 0.1) is 22.0 Å². The van der Waals surface area contributed by atoms with E-state index in [1.165, 1.54) is 18.8 Å². The van der Waals surface area contributed by atoms with Gasteiger partial charge in [-0.1, -0.05) is 0 Å². The maximum atomic E-state index is 10.8. The molecule has 4 saturated carbocycles. The molecule has 0 spiro atoms. The number of aliphatic hydroxyl groups is 1. The predicted molar refractivity (Wildman–Crippen MR) is 66.5 cm³/mol. The van der Waals surface area contributed by atoms with Gasteiger partial charge in [0.25, 0.3) is 0 Å². The molecular formula is C13H17N3O3. The van der Waals surface area contributed by atoms with Crippen LogP contribution in [0.1, 0.15) is 38.5 Å². The fourth-order valence-electron chi connectivity index (χ4n) is 5.10. The highest BCUT2D eigenvalue weighted by Gasteiger charge is 2.58. The number of nitro groups is 1. The van der Waals surface area contributed by atoms with E-state index >= 15 is 0 Å². The van der Waals surface area contributed by atoms with Crippen molar-refractivity contribution in [3.05, 3.63) is 22.5 Å².